The molecule has 0 saturated heterocycles. The van der Waals surface area contributed by atoms with Crippen molar-refractivity contribution in [2.24, 2.45) is 0 Å². The van der Waals surface area contributed by atoms with Crippen molar-refractivity contribution >= 4 is 24.6 Å². The van der Waals surface area contributed by atoms with Crippen LogP contribution in [-0.4, -0.2) is 19.0 Å². The van der Waals surface area contributed by atoms with Crippen molar-refractivity contribution in [1.82, 2.24) is 4.98 Å². The molecule has 3 nitrogen and oxygen atoms in total. The SMILES string of the molecule is [B]c1cc(COC(c2sc(-c3ccc(C(F)(F)F)cc3)nc2C)C(F)(F)F)ccc1C#N. The van der Waals surface area contributed by atoms with Crippen LogP contribution < -0.4 is 5.46 Å². The maximum Gasteiger partial charge on any atom is 0.419 e. The topological polar surface area (TPSA) is 45.9 Å². The number of halogens is 6. The van der Waals surface area contributed by atoms with Crippen molar-refractivity contribution in [3.8, 4) is 16.6 Å². The maximum atomic E-state index is 13.7. The Labute approximate surface area is 184 Å². The van der Waals surface area contributed by atoms with Crippen molar-refractivity contribution in [3.05, 3.63) is 69.7 Å². The van der Waals surface area contributed by atoms with Gasteiger partial charge in [0, 0.05) is 11.1 Å². The van der Waals surface area contributed by atoms with Crippen LogP contribution in [0.15, 0.2) is 42.5 Å². The van der Waals surface area contributed by atoms with E-state index in [4.69, 9.17) is 17.8 Å². The summed E-state index contributed by atoms with van der Waals surface area (Å²) in [5.41, 5.74) is 0.120. The molecule has 3 aromatic rings. The van der Waals surface area contributed by atoms with Crippen LogP contribution >= 0.6 is 11.3 Å². The second-order valence-electron chi connectivity index (χ2n) is 6.81. The highest BCUT2D eigenvalue weighted by Gasteiger charge is 2.44. The minimum atomic E-state index is -4.76. The fourth-order valence-electron chi connectivity index (χ4n) is 2.88. The van der Waals surface area contributed by atoms with E-state index in [2.05, 4.69) is 4.98 Å². The molecule has 1 unspecified atom stereocenters. The monoisotopic (exact) mass is 466 g/mol. The summed E-state index contributed by atoms with van der Waals surface area (Å²) in [6.07, 6.45) is -11.6. The van der Waals surface area contributed by atoms with E-state index < -0.39 is 30.6 Å². The van der Waals surface area contributed by atoms with Crippen molar-refractivity contribution in [3.63, 3.8) is 0 Å². The first-order valence-electron chi connectivity index (χ1n) is 9.02. The molecule has 0 amide bonds. The van der Waals surface area contributed by atoms with Gasteiger partial charge in [0.05, 0.1) is 28.8 Å². The fourth-order valence-corrected chi connectivity index (χ4v) is 4.03. The van der Waals surface area contributed by atoms with Gasteiger partial charge in [-0.3, -0.25) is 0 Å². The number of aromatic nitrogens is 1. The average molecular weight is 466 g/mol. The molecular weight excluding hydrogens is 453 g/mol. The molecule has 2 radical (unpaired) electrons. The summed E-state index contributed by atoms with van der Waals surface area (Å²) in [5, 5.41) is 9.04. The molecule has 32 heavy (non-hydrogen) atoms. The second kappa shape index (κ2) is 8.96. The lowest BCUT2D eigenvalue weighted by Crippen LogP contribution is -2.23. The molecule has 1 aromatic heterocycles. The van der Waals surface area contributed by atoms with E-state index in [1.807, 2.05) is 6.07 Å². The third-order valence-corrected chi connectivity index (χ3v) is 5.73. The van der Waals surface area contributed by atoms with Gasteiger partial charge in [-0.05, 0) is 30.7 Å². The number of aryl methyl sites for hydroxylation is 1. The highest BCUT2D eigenvalue weighted by molar-refractivity contribution is 7.15. The number of hydrogen-bond donors (Lipinski definition) is 0. The minimum Gasteiger partial charge on any atom is -0.358 e. The molecule has 0 spiro atoms. The van der Waals surface area contributed by atoms with Crippen LogP contribution in [0.2, 0.25) is 0 Å². The van der Waals surface area contributed by atoms with Crippen molar-refractivity contribution in [2.75, 3.05) is 0 Å². The van der Waals surface area contributed by atoms with Crippen molar-refractivity contribution in [2.45, 2.75) is 32.0 Å². The maximum absolute atomic E-state index is 13.7. The third-order valence-electron chi connectivity index (χ3n) is 4.48. The molecule has 0 bridgehead atoms. The van der Waals surface area contributed by atoms with Crippen LogP contribution in [0.3, 0.4) is 0 Å². The van der Waals surface area contributed by atoms with Gasteiger partial charge in [-0.15, -0.1) is 11.3 Å². The Bertz CT molecular complexity index is 1150. The number of nitriles is 1. The number of rotatable bonds is 5. The number of nitrogens with zero attached hydrogens (tertiary/aromatic N) is 2. The number of thiazole rings is 1. The summed E-state index contributed by atoms with van der Waals surface area (Å²) in [7, 11) is 5.69. The Balaban J connectivity index is 1.87. The summed E-state index contributed by atoms with van der Waals surface area (Å²) < 4.78 is 84.6. The third kappa shape index (κ3) is 5.31. The zero-order chi connectivity index (χ0) is 23.7. The van der Waals surface area contributed by atoms with Crippen LogP contribution in [0.25, 0.3) is 10.6 Å². The minimum absolute atomic E-state index is 0.0616. The Morgan fingerprint density at radius 1 is 1.09 bits per heavy atom. The predicted molar refractivity (Wildman–Crippen MR) is 107 cm³/mol. The molecule has 1 atom stereocenters. The Morgan fingerprint density at radius 3 is 2.28 bits per heavy atom. The molecular formula is C21H13BF6N2OS. The van der Waals surface area contributed by atoms with Crippen LogP contribution in [0.1, 0.15) is 33.4 Å². The molecule has 1 heterocycles. The van der Waals surface area contributed by atoms with Gasteiger partial charge in [0.15, 0.2) is 6.10 Å². The van der Waals surface area contributed by atoms with Gasteiger partial charge in [0.2, 0.25) is 0 Å². The quantitative estimate of drug-likeness (QED) is 0.362. The fraction of sp³-hybridized carbons (Fsp3) is 0.238. The van der Waals surface area contributed by atoms with Crippen LogP contribution in [0, 0.1) is 18.3 Å². The van der Waals surface area contributed by atoms with Gasteiger partial charge < -0.3 is 4.74 Å². The number of ether oxygens (including phenoxy) is 1. The lowest BCUT2D eigenvalue weighted by Gasteiger charge is -2.20. The molecule has 164 valence electrons. The van der Waals surface area contributed by atoms with Gasteiger partial charge in [-0.2, -0.15) is 31.6 Å². The van der Waals surface area contributed by atoms with E-state index in [9.17, 15) is 26.3 Å². The van der Waals surface area contributed by atoms with E-state index in [1.165, 1.54) is 25.1 Å². The molecule has 0 aliphatic heterocycles. The molecule has 2 aromatic carbocycles. The molecule has 0 aliphatic carbocycles. The summed E-state index contributed by atoms with van der Waals surface area (Å²) in [6.45, 7) is 0.953. The molecule has 0 saturated carbocycles. The summed E-state index contributed by atoms with van der Waals surface area (Å²) in [5.74, 6) is 0. The number of alkyl halides is 6. The van der Waals surface area contributed by atoms with E-state index in [0.29, 0.717) is 16.9 Å². The number of hydrogen-bond acceptors (Lipinski definition) is 4. The summed E-state index contributed by atoms with van der Waals surface area (Å²) in [4.78, 5) is 3.90. The summed E-state index contributed by atoms with van der Waals surface area (Å²) in [6, 6.07) is 10.1. The van der Waals surface area contributed by atoms with Crippen LogP contribution in [0.5, 0.6) is 0 Å². The average Bonchev–Trinajstić information content (AvgIpc) is 3.08. The predicted octanol–water partition coefficient (Wildman–Crippen LogP) is 5.62. The van der Waals surface area contributed by atoms with E-state index in [0.717, 1.165) is 24.3 Å². The Kier molecular flexibility index (Phi) is 6.67. The normalized spacial score (nSPS) is 13.1. The van der Waals surface area contributed by atoms with Gasteiger partial charge in [0.25, 0.3) is 0 Å². The van der Waals surface area contributed by atoms with Crippen molar-refractivity contribution < 1.29 is 31.1 Å². The lowest BCUT2D eigenvalue weighted by atomic mass is 9.89. The largest absolute Gasteiger partial charge is 0.419 e. The standard InChI is InChI=1S/C21H13BF6N2OS/c1-11-17(32-19(30-11)13-4-6-15(7-5-13)20(23,24)25)18(21(26,27)28)31-10-12-2-3-14(9-29)16(22)8-12/h2-8,18H,10H2,1H3. The van der Waals surface area contributed by atoms with Gasteiger partial charge in [-0.1, -0.05) is 29.7 Å². The Morgan fingerprint density at radius 2 is 1.75 bits per heavy atom. The number of benzene rings is 2. The molecule has 11 heteroatoms. The zero-order valence-corrected chi connectivity index (χ0v) is 17.2. The second-order valence-corrected chi connectivity index (χ2v) is 7.84. The lowest BCUT2D eigenvalue weighted by molar-refractivity contribution is -0.226. The van der Waals surface area contributed by atoms with Gasteiger partial charge >= 0.3 is 12.4 Å². The first-order chi connectivity index (χ1) is 14.9. The van der Waals surface area contributed by atoms with Crippen molar-refractivity contribution in [1.29, 1.82) is 5.26 Å². The smallest absolute Gasteiger partial charge is 0.358 e. The van der Waals surface area contributed by atoms with E-state index >= 15 is 0 Å². The Hall–Kier alpha value is -2.84. The first-order valence-corrected chi connectivity index (χ1v) is 9.83. The summed E-state index contributed by atoms with van der Waals surface area (Å²) >= 11 is 0.700. The molecule has 0 fully saturated rings. The van der Waals surface area contributed by atoms with Gasteiger partial charge in [0.1, 0.15) is 12.9 Å². The van der Waals surface area contributed by atoms with Gasteiger partial charge in [-0.25, -0.2) is 4.98 Å². The molecule has 3 rings (SSSR count). The zero-order valence-electron chi connectivity index (χ0n) is 16.4. The highest BCUT2D eigenvalue weighted by Crippen LogP contribution is 2.42. The highest BCUT2D eigenvalue weighted by atomic mass is 32.1. The van der Waals surface area contributed by atoms with Crippen LogP contribution in [-0.2, 0) is 17.5 Å². The molecule has 0 N–H and O–H groups in total. The molecule has 0 aliphatic rings. The van der Waals surface area contributed by atoms with E-state index in [-0.39, 0.29) is 32.2 Å². The first kappa shape index (κ1) is 23.8. The van der Waals surface area contributed by atoms with E-state index in [1.54, 1.807) is 0 Å². The van der Waals surface area contributed by atoms with Crippen LogP contribution in [0.4, 0.5) is 26.3 Å².